The van der Waals surface area contributed by atoms with Gasteiger partial charge in [0.15, 0.2) is 0 Å². The molecule has 0 radical (unpaired) electrons. The number of ether oxygens (including phenoxy) is 2. The number of alkyl halides is 6. The van der Waals surface area contributed by atoms with Gasteiger partial charge in [0.2, 0.25) is 11.8 Å². The highest BCUT2D eigenvalue weighted by molar-refractivity contribution is 5.81. The van der Waals surface area contributed by atoms with Gasteiger partial charge in [0.25, 0.3) is 0 Å². The summed E-state index contributed by atoms with van der Waals surface area (Å²) in [4.78, 5) is 36.6. The first kappa shape index (κ1) is 32.9. The van der Waals surface area contributed by atoms with Crippen LogP contribution in [0.2, 0.25) is 0 Å². The lowest BCUT2D eigenvalue weighted by Gasteiger charge is -2.34. The van der Waals surface area contributed by atoms with E-state index in [9.17, 15) is 31.1 Å². The van der Waals surface area contributed by atoms with Crippen LogP contribution in [0, 0.1) is 5.92 Å². The maximum absolute atomic E-state index is 12.2. The molecule has 0 saturated carbocycles. The summed E-state index contributed by atoms with van der Waals surface area (Å²) in [5.41, 5.74) is 1.09. The van der Waals surface area contributed by atoms with Crippen LogP contribution in [0.3, 0.4) is 0 Å². The molecule has 2 aliphatic heterocycles. The average Bonchev–Trinajstić information content (AvgIpc) is 3.22. The number of carbonyl (C=O) groups is 3. The van der Waals surface area contributed by atoms with Crippen molar-refractivity contribution in [3.63, 3.8) is 0 Å². The fraction of sp³-hybridized carbons (Fsp3) is 0.636. The number of halogens is 6. The van der Waals surface area contributed by atoms with E-state index in [1.54, 1.807) is 13.3 Å². The minimum absolute atomic E-state index is 0.0277. The molecule has 10 nitrogen and oxygen atoms in total. The van der Waals surface area contributed by atoms with E-state index in [-0.39, 0.29) is 24.2 Å². The van der Waals surface area contributed by atoms with Gasteiger partial charge < -0.3 is 25.0 Å². The van der Waals surface area contributed by atoms with Gasteiger partial charge in [0, 0.05) is 30.9 Å². The molecule has 3 atom stereocenters. The summed E-state index contributed by atoms with van der Waals surface area (Å²) >= 11 is 0. The Hall–Kier alpha value is -3.14. The Morgan fingerprint density at radius 1 is 1.16 bits per heavy atom. The second-order valence-electron chi connectivity index (χ2n) is 8.62. The lowest BCUT2D eigenvalue weighted by atomic mass is 9.91. The van der Waals surface area contributed by atoms with Crippen LogP contribution >= 0.6 is 0 Å². The topological polar surface area (TPSA) is 138 Å². The van der Waals surface area contributed by atoms with Crippen LogP contribution in [0.4, 0.5) is 26.3 Å². The van der Waals surface area contributed by atoms with Crippen LogP contribution in [-0.4, -0.2) is 88.7 Å². The average molecular weight is 561 g/mol. The summed E-state index contributed by atoms with van der Waals surface area (Å²) in [5.74, 6) is -4.32. The van der Waals surface area contributed by atoms with Gasteiger partial charge >= 0.3 is 24.3 Å². The predicted octanol–water partition coefficient (Wildman–Crippen LogP) is 2.86. The molecule has 16 heteroatoms. The van der Waals surface area contributed by atoms with Gasteiger partial charge in [-0.05, 0) is 45.2 Å². The Labute approximate surface area is 213 Å². The summed E-state index contributed by atoms with van der Waals surface area (Å²) in [5, 5.41) is 17.2. The zero-order valence-corrected chi connectivity index (χ0v) is 20.7. The minimum Gasteiger partial charge on any atom is -0.481 e. The maximum Gasteiger partial charge on any atom is 0.490 e. The van der Waals surface area contributed by atoms with E-state index < -0.39 is 24.3 Å². The number of amides is 1. The highest BCUT2D eigenvalue weighted by Gasteiger charge is 2.42. The number of rotatable bonds is 5. The van der Waals surface area contributed by atoms with Crippen molar-refractivity contribution in [1.29, 1.82) is 0 Å². The van der Waals surface area contributed by atoms with Crippen molar-refractivity contribution in [3.8, 4) is 5.88 Å². The Morgan fingerprint density at radius 2 is 1.71 bits per heavy atom. The molecule has 1 aromatic heterocycles. The molecule has 1 aromatic rings. The number of aromatic nitrogens is 1. The number of piperidine rings is 1. The molecule has 3 rings (SSSR count). The quantitative estimate of drug-likeness (QED) is 0.464. The molecular weight excluding hydrogens is 532 g/mol. The van der Waals surface area contributed by atoms with E-state index in [4.69, 9.17) is 29.3 Å². The van der Waals surface area contributed by atoms with Crippen molar-refractivity contribution in [1.82, 2.24) is 15.2 Å². The number of carbonyl (C=O) groups excluding carboxylic acids is 1. The van der Waals surface area contributed by atoms with E-state index >= 15 is 0 Å². The zero-order valence-electron chi connectivity index (χ0n) is 20.7. The minimum atomic E-state index is -5.08. The normalized spacial score (nSPS) is 21.3. The van der Waals surface area contributed by atoms with Crippen molar-refractivity contribution < 1.29 is 60.4 Å². The molecule has 38 heavy (non-hydrogen) atoms. The molecular formula is C22H29F6N3O7. The van der Waals surface area contributed by atoms with Crippen LogP contribution in [-0.2, 0) is 25.7 Å². The monoisotopic (exact) mass is 561 g/mol. The van der Waals surface area contributed by atoms with Gasteiger partial charge in [-0.25, -0.2) is 14.6 Å². The van der Waals surface area contributed by atoms with E-state index in [0.29, 0.717) is 11.8 Å². The van der Waals surface area contributed by atoms with Crippen LogP contribution in [0.1, 0.15) is 32.3 Å². The summed E-state index contributed by atoms with van der Waals surface area (Å²) in [7, 11) is 1.65. The molecule has 1 amide bonds. The Kier molecular flexibility index (Phi) is 12.2. The molecule has 3 heterocycles. The third-order valence-corrected chi connectivity index (χ3v) is 5.28. The van der Waals surface area contributed by atoms with Crippen molar-refractivity contribution >= 4 is 17.8 Å². The standard InChI is InChI=1S/C18H27N3O3.2C2HF3O2/c1-12(2)20-17(22)15-9-13-6-8-21(11-16(13)24-15)10-14-5-4-7-19-18(14)23-3;2*3-2(4,5)1(6)7/h4-5,7,12-13,15-16H,6,8-11H2,1-3H3,(H,20,22);2*(H,6,7)/t13-,15+,16-;;/m0../s1. The van der Waals surface area contributed by atoms with E-state index in [1.165, 1.54) is 0 Å². The first-order valence-electron chi connectivity index (χ1n) is 11.2. The number of pyridine rings is 1. The summed E-state index contributed by atoms with van der Waals surface area (Å²) in [6, 6.07) is 4.13. The number of hydrogen-bond acceptors (Lipinski definition) is 7. The van der Waals surface area contributed by atoms with E-state index in [1.807, 2.05) is 26.0 Å². The SMILES string of the molecule is COc1ncccc1CN1CC[C@H]2C[C@H](C(=O)NC(C)C)O[C@H]2C1.O=C(O)C(F)(F)F.O=C(O)C(F)(F)F. The van der Waals surface area contributed by atoms with E-state index in [0.717, 1.165) is 38.0 Å². The molecule has 2 aliphatic rings. The van der Waals surface area contributed by atoms with Crippen LogP contribution in [0.25, 0.3) is 0 Å². The van der Waals surface area contributed by atoms with Crippen molar-refractivity contribution in [2.75, 3.05) is 20.2 Å². The van der Waals surface area contributed by atoms with Crippen molar-refractivity contribution in [2.45, 2.75) is 63.8 Å². The molecule has 2 saturated heterocycles. The number of methoxy groups -OCH3 is 1. The third-order valence-electron chi connectivity index (χ3n) is 5.28. The first-order valence-corrected chi connectivity index (χ1v) is 11.2. The van der Waals surface area contributed by atoms with Gasteiger partial charge in [-0.2, -0.15) is 26.3 Å². The molecule has 216 valence electrons. The molecule has 0 unspecified atom stereocenters. The number of hydrogen-bond donors (Lipinski definition) is 3. The number of aliphatic carboxylic acids is 2. The largest absolute Gasteiger partial charge is 0.490 e. The summed E-state index contributed by atoms with van der Waals surface area (Å²) in [6.07, 6.45) is -6.67. The fourth-order valence-corrected chi connectivity index (χ4v) is 3.65. The van der Waals surface area contributed by atoms with Crippen LogP contribution in [0.5, 0.6) is 5.88 Å². The lowest BCUT2D eigenvalue weighted by molar-refractivity contribution is -0.193. The Balaban J connectivity index is 0.000000426. The van der Waals surface area contributed by atoms with Crippen LogP contribution in [0.15, 0.2) is 18.3 Å². The molecule has 0 aliphatic carbocycles. The molecule has 0 aromatic carbocycles. The maximum atomic E-state index is 12.2. The Bertz CT molecular complexity index is 919. The van der Waals surface area contributed by atoms with Crippen molar-refractivity contribution in [2.24, 2.45) is 5.92 Å². The number of carboxylic acid groups (broad SMARTS) is 2. The summed E-state index contributed by atoms with van der Waals surface area (Å²) < 4.78 is 74.9. The number of nitrogens with zero attached hydrogens (tertiary/aromatic N) is 2. The van der Waals surface area contributed by atoms with E-state index in [2.05, 4.69) is 15.2 Å². The van der Waals surface area contributed by atoms with Gasteiger partial charge in [-0.3, -0.25) is 9.69 Å². The third kappa shape index (κ3) is 11.1. The number of nitrogens with one attached hydrogen (secondary N) is 1. The van der Waals surface area contributed by atoms with Crippen LogP contribution < -0.4 is 10.1 Å². The van der Waals surface area contributed by atoms with Crippen molar-refractivity contribution in [3.05, 3.63) is 23.9 Å². The smallest absolute Gasteiger partial charge is 0.481 e. The van der Waals surface area contributed by atoms with Gasteiger partial charge in [-0.1, -0.05) is 6.07 Å². The highest BCUT2D eigenvalue weighted by atomic mass is 19.4. The zero-order chi connectivity index (χ0) is 29.3. The second kappa shape index (κ2) is 14.1. The Morgan fingerprint density at radius 3 is 2.18 bits per heavy atom. The lowest BCUT2D eigenvalue weighted by Crippen LogP contribution is -2.42. The molecule has 0 bridgehead atoms. The fourth-order valence-electron chi connectivity index (χ4n) is 3.65. The summed E-state index contributed by atoms with van der Waals surface area (Å²) in [6.45, 7) is 6.62. The number of likely N-dealkylation sites (tertiary alicyclic amines) is 1. The number of fused-ring (bicyclic) bond motifs is 1. The number of carboxylic acids is 2. The van der Waals surface area contributed by atoms with Gasteiger partial charge in [0.05, 0.1) is 13.2 Å². The van der Waals surface area contributed by atoms with Gasteiger partial charge in [0.1, 0.15) is 6.10 Å². The first-order chi connectivity index (χ1) is 17.4. The second-order valence-corrected chi connectivity index (χ2v) is 8.62. The highest BCUT2D eigenvalue weighted by Crippen LogP contribution is 2.34. The molecule has 2 fully saturated rings. The molecule has 3 N–H and O–H groups in total. The van der Waals surface area contributed by atoms with Gasteiger partial charge in [-0.15, -0.1) is 0 Å². The predicted molar refractivity (Wildman–Crippen MR) is 118 cm³/mol. The molecule has 0 spiro atoms.